The first-order valence-corrected chi connectivity index (χ1v) is 20.3. The van der Waals surface area contributed by atoms with Crippen molar-refractivity contribution >= 4 is 45.4 Å². The van der Waals surface area contributed by atoms with Gasteiger partial charge in [0.15, 0.2) is 0 Å². The van der Waals surface area contributed by atoms with Gasteiger partial charge in [0, 0.05) is 25.8 Å². The summed E-state index contributed by atoms with van der Waals surface area (Å²) >= 11 is 0. The van der Waals surface area contributed by atoms with Gasteiger partial charge in [0.2, 0.25) is 27.6 Å². The van der Waals surface area contributed by atoms with Crippen molar-refractivity contribution in [2.75, 3.05) is 23.7 Å². The van der Waals surface area contributed by atoms with E-state index in [0.717, 1.165) is 36.4 Å². The number of pyridine rings is 1. The second kappa shape index (κ2) is 14.9. The number of fused-ring (bicyclic) bond motifs is 1. The Labute approximate surface area is 308 Å². The fraction of sp³-hybridized carbons (Fsp3) is 0.730. The van der Waals surface area contributed by atoms with Gasteiger partial charge in [-0.1, -0.05) is 73.3 Å². The van der Waals surface area contributed by atoms with Gasteiger partial charge in [-0.15, -0.1) is 0 Å². The van der Waals surface area contributed by atoms with Crippen molar-refractivity contribution in [3.8, 4) is 0 Å². The predicted octanol–water partition coefficient (Wildman–Crippen LogP) is 2.88. The maximum atomic E-state index is 14.5. The molecule has 15 heteroatoms. The molecule has 14 nitrogen and oxygen atoms in total. The van der Waals surface area contributed by atoms with Crippen LogP contribution >= 0.6 is 0 Å². The first-order chi connectivity index (χ1) is 24.3. The molecule has 4 N–H and O–H groups in total. The van der Waals surface area contributed by atoms with Crippen LogP contribution < -0.4 is 25.6 Å². The summed E-state index contributed by atoms with van der Waals surface area (Å²) in [6.45, 7) is 11.7. The summed E-state index contributed by atoms with van der Waals surface area (Å²) in [6, 6.07) is 1.38. The Hall–Kier alpha value is -3.75. The first-order valence-electron chi connectivity index (χ1n) is 18.7. The molecule has 4 aliphatic rings. The highest BCUT2D eigenvalue weighted by atomic mass is 32.2. The van der Waals surface area contributed by atoms with E-state index in [0.29, 0.717) is 25.8 Å². The summed E-state index contributed by atoms with van der Waals surface area (Å²) in [5, 5.41) is 11.4. The highest BCUT2D eigenvalue weighted by molar-refractivity contribution is 7.92. The lowest BCUT2D eigenvalue weighted by molar-refractivity contribution is -0.145. The molecule has 0 spiro atoms. The minimum absolute atomic E-state index is 0.00486. The third kappa shape index (κ3) is 8.55. The van der Waals surface area contributed by atoms with E-state index in [1.165, 1.54) is 18.1 Å². The van der Waals surface area contributed by atoms with Crippen LogP contribution in [0, 0.1) is 22.7 Å². The number of rotatable bonds is 14. The van der Waals surface area contributed by atoms with Crippen LogP contribution in [0.15, 0.2) is 24.4 Å². The predicted molar refractivity (Wildman–Crippen MR) is 196 cm³/mol. The number of urea groups is 1. The molecule has 4 fully saturated rings. The van der Waals surface area contributed by atoms with Crippen molar-refractivity contribution in [2.24, 2.45) is 22.7 Å². The summed E-state index contributed by atoms with van der Waals surface area (Å²) in [7, 11) is -2.46. The van der Waals surface area contributed by atoms with Gasteiger partial charge in [-0.05, 0) is 66.9 Å². The lowest BCUT2D eigenvalue weighted by Crippen LogP contribution is -2.64. The number of piperidine rings is 1. The van der Waals surface area contributed by atoms with Crippen molar-refractivity contribution < 1.29 is 32.4 Å². The van der Waals surface area contributed by atoms with Crippen LogP contribution in [0.1, 0.15) is 99.3 Å². The number of hydrogen-bond donors (Lipinski definition) is 4. The largest absolute Gasteiger partial charge is 0.347 e. The minimum Gasteiger partial charge on any atom is -0.347 e. The molecule has 1 aromatic rings. The van der Waals surface area contributed by atoms with Gasteiger partial charge in [0.1, 0.15) is 17.9 Å². The molecule has 0 bridgehead atoms. The number of sulfonamides is 1. The van der Waals surface area contributed by atoms with Crippen molar-refractivity contribution in [3.05, 3.63) is 24.4 Å². The zero-order valence-electron chi connectivity index (χ0n) is 31.7. The maximum absolute atomic E-state index is 14.5. The summed E-state index contributed by atoms with van der Waals surface area (Å²) in [5.74, 6) is -2.50. The van der Waals surface area contributed by atoms with Crippen LogP contribution in [0.5, 0.6) is 0 Å². The van der Waals surface area contributed by atoms with E-state index in [9.17, 15) is 32.4 Å². The van der Waals surface area contributed by atoms with Crippen molar-refractivity contribution in [3.63, 3.8) is 0 Å². The van der Waals surface area contributed by atoms with E-state index in [1.807, 2.05) is 27.7 Å². The van der Waals surface area contributed by atoms with E-state index < -0.39 is 68.6 Å². The zero-order chi connectivity index (χ0) is 38.2. The Kier molecular flexibility index (Phi) is 11.3. The molecular formula is C37H57N7O7S. The second-order valence-electron chi connectivity index (χ2n) is 17.0. The quantitative estimate of drug-likeness (QED) is 0.210. The third-order valence-electron chi connectivity index (χ3n) is 11.5. The Bertz CT molecular complexity index is 1630. The molecule has 2 heterocycles. The van der Waals surface area contributed by atoms with Gasteiger partial charge < -0.3 is 26.2 Å². The highest BCUT2D eigenvalue weighted by Crippen LogP contribution is 2.65. The van der Waals surface area contributed by atoms with E-state index >= 15 is 0 Å². The summed E-state index contributed by atoms with van der Waals surface area (Å²) in [5.41, 5.74) is -2.07. The topological polar surface area (TPSA) is 187 Å². The molecule has 1 saturated heterocycles. The van der Waals surface area contributed by atoms with E-state index in [4.69, 9.17) is 0 Å². The van der Waals surface area contributed by atoms with Gasteiger partial charge in [-0.3, -0.25) is 23.5 Å². The third-order valence-corrected chi connectivity index (χ3v) is 13.5. The van der Waals surface area contributed by atoms with Crippen LogP contribution in [0.4, 0.5) is 10.6 Å². The number of anilines is 1. The molecule has 52 heavy (non-hydrogen) atoms. The number of Topliss-reactive ketones (excluding diaryl/α,β-unsaturated/α-hetero) is 1. The van der Waals surface area contributed by atoms with Crippen LogP contribution in [0.2, 0.25) is 0 Å². The molecule has 3 saturated carbocycles. The van der Waals surface area contributed by atoms with Crippen molar-refractivity contribution in [1.82, 2.24) is 31.2 Å². The van der Waals surface area contributed by atoms with Gasteiger partial charge in [0.05, 0.1) is 17.3 Å². The average Bonchev–Trinajstić information content (AvgIpc) is 3.93. The number of amides is 5. The molecule has 5 amide bonds. The molecule has 0 radical (unpaired) electrons. The number of aromatic nitrogens is 1. The van der Waals surface area contributed by atoms with Crippen LogP contribution in [-0.2, 0) is 29.2 Å². The monoisotopic (exact) mass is 743 g/mol. The lowest BCUT2D eigenvalue weighted by atomic mass is 9.83. The van der Waals surface area contributed by atoms with Crippen molar-refractivity contribution in [2.45, 2.75) is 129 Å². The Morgan fingerprint density at radius 1 is 1.04 bits per heavy atom. The Morgan fingerprint density at radius 3 is 2.29 bits per heavy atom. The Balaban J connectivity index is 1.33. The van der Waals surface area contributed by atoms with Gasteiger partial charge >= 0.3 is 6.03 Å². The van der Waals surface area contributed by atoms with Gasteiger partial charge in [-0.2, -0.15) is 0 Å². The molecule has 5 rings (SSSR count). The number of likely N-dealkylation sites (tertiary alicyclic amines) is 1. The smallest absolute Gasteiger partial charge is 0.315 e. The number of nitrogens with one attached hydrogen (secondary N) is 4. The standard InChI is InChI=1S/C37H57N7O7S/c1-8-14-25(29(45)32(47)39-23-16-17-23)40-31(46)28-27-24(36(27,5)6)21-44(28)33(48)30(35(2,3)4)41-34(49)42-37(18-11-9-12-19-37)22-52(50,51)43(7)26-15-10-13-20-38-26/h10,13,15,20,23-25,27-28,30H,8-9,11-12,14,16-19,21-22H2,1-7H3,(H,39,47)(H,40,46)(H2,41,42,49)/t24-,25+,27-,28-,30+/m0/s1. The number of carbonyl (C=O) groups excluding carboxylic acids is 5. The average molecular weight is 744 g/mol. The molecule has 288 valence electrons. The van der Waals surface area contributed by atoms with Crippen LogP contribution in [0.3, 0.4) is 0 Å². The Morgan fingerprint density at radius 2 is 1.71 bits per heavy atom. The van der Waals surface area contributed by atoms with Crippen LogP contribution in [-0.4, -0.2) is 96.9 Å². The second-order valence-corrected chi connectivity index (χ2v) is 19.0. The van der Waals surface area contributed by atoms with Crippen molar-refractivity contribution in [1.29, 1.82) is 0 Å². The van der Waals surface area contributed by atoms with E-state index in [2.05, 4.69) is 40.1 Å². The van der Waals surface area contributed by atoms with Crippen LogP contribution in [0.25, 0.3) is 0 Å². The SMILES string of the molecule is CCC[C@@H](NC(=O)[C@@H]1[C@@H]2[C@H](CN1C(=O)[C@@H](NC(=O)NC1(CS(=O)(=O)N(C)c3ccccn3)CCCCC1)C(C)(C)C)C2(C)C)C(=O)C(=O)NC1CC1. The summed E-state index contributed by atoms with van der Waals surface area (Å²) in [6.07, 6.45) is 7.29. The van der Waals surface area contributed by atoms with Gasteiger partial charge in [-0.25, -0.2) is 18.2 Å². The minimum atomic E-state index is -3.90. The number of hydrogen-bond acceptors (Lipinski definition) is 8. The highest BCUT2D eigenvalue weighted by Gasteiger charge is 2.70. The molecule has 3 aliphatic carbocycles. The maximum Gasteiger partial charge on any atom is 0.315 e. The molecule has 5 atom stereocenters. The summed E-state index contributed by atoms with van der Waals surface area (Å²) in [4.78, 5) is 73.9. The fourth-order valence-corrected chi connectivity index (χ4v) is 9.80. The fourth-order valence-electron chi connectivity index (χ4n) is 8.16. The number of ketones is 1. The summed E-state index contributed by atoms with van der Waals surface area (Å²) < 4.78 is 28.4. The lowest BCUT2D eigenvalue weighted by Gasteiger charge is -2.41. The zero-order valence-corrected chi connectivity index (χ0v) is 32.5. The molecule has 1 aliphatic heterocycles. The molecule has 0 aromatic carbocycles. The molecule has 1 aromatic heterocycles. The van der Waals surface area contributed by atoms with Gasteiger partial charge in [0.25, 0.3) is 5.91 Å². The van der Waals surface area contributed by atoms with E-state index in [1.54, 1.807) is 18.2 Å². The normalized spacial score (nSPS) is 24.4. The number of nitrogens with zero attached hydrogens (tertiary/aromatic N) is 3. The molecular weight excluding hydrogens is 687 g/mol. The number of carbonyl (C=O) groups is 5. The molecule has 0 unspecified atom stereocenters. The van der Waals surface area contributed by atoms with E-state index in [-0.39, 0.29) is 41.3 Å². The first kappa shape index (κ1) is 39.5.